The van der Waals surface area contributed by atoms with E-state index < -0.39 is 10.1 Å². The molecule has 0 amide bonds. The van der Waals surface area contributed by atoms with Gasteiger partial charge in [0.25, 0.3) is 0 Å². The van der Waals surface area contributed by atoms with E-state index in [9.17, 15) is 8.42 Å². The highest BCUT2D eigenvalue weighted by Crippen LogP contribution is 1.91. The zero-order valence-electron chi connectivity index (χ0n) is 7.86. The molecule has 7 nitrogen and oxygen atoms in total. The van der Waals surface area contributed by atoms with Crippen molar-refractivity contribution in [1.82, 2.24) is 16.0 Å². The Morgan fingerprint density at radius 3 is 2.00 bits per heavy atom. The van der Waals surface area contributed by atoms with Gasteiger partial charge in [-0.2, -0.15) is 8.42 Å². The Bertz CT molecular complexity index is 357. The molecular weight excluding hydrogens is 240 g/mol. The van der Waals surface area contributed by atoms with Gasteiger partial charge in [0.2, 0.25) is 5.17 Å². The van der Waals surface area contributed by atoms with E-state index in [-0.39, 0.29) is 5.17 Å². The third-order valence-corrected chi connectivity index (χ3v) is 2.63. The van der Waals surface area contributed by atoms with Crippen molar-refractivity contribution in [1.29, 1.82) is 0 Å². The molecule has 1 saturated heterocycles. The fourth-order valence-corrected chi connectivity index (χ4v) is 1.71. The second-order valence-corrected chi connectivity index (χ2v) is 4.52. The molecule has 0 bridgehead atoms. The summed E-state index contributed by atoms with van der Waals surface area (Å²) in [5.74, 6) is 0. The molecular formula is C6H12N4O3S2. The Morgan fingerprint density at radius 2 is 1.80 bits per heavy atom. The Kier molecular flexibility index (Phi) is 4.24. The van der Waals surface area contributed by atoms with Crippen LogP contribution in [0.2, 0.25) is 0 Å². The normalized spacial score (nSPS) is 19.3. The number of hydrogen-bond acceptors (Lipinski definition) is 5. The van der Waals surface area contributed by atoms with Crippen LogP contribution in [0.4, 0.5) is 0 Å². The van der Waals surface area contributed by atoms with E-state index in [0.29, 0.717) is 13.1 Å². The highest BCUT2D eigenvalue weighted by molar-refractivity contribution is 8.01. The summed E-state index contributed by atoms with van der Waals surface area (Å²) in [7, 11) is -4.06. The maximum absolute atomic E-state index is 10.2. The molecule has 0 saturated carbocycles. The van der Waals surface area contributed by atoms with E-state index in [1.807, 2.05) is 0 Å². The van der Waals surface area contributed by atoms with E-state index in [2.05, 4.69) is 20.9 Å². The number of nitrogens with zero attached hydrogens (tertiary/aromatic N) is 1. The topological polar surface area (TPSA) is 103 Å². The van der Waals surface area contributed by atoms with Gasteiger partial charge < -0.3 is 16.0 Å². The van der Waals surface area contributed by atoms with Crippen LogP contribution in [0.15, 0.2) is 4.99 Å². The lowest BCUT2D eigenvalue weighted by Crippen LogP contribution is -2.26. The van der Waals surface area contributed by atoms with Crippen molar-refractivity contribution in [2.45, 2.75) is 0 Å². The van der Waals surface area contributed by atoms with Gasteiger partial charge in [-0.05, 0) is 12.2 Å². The summed E-state index contributed by atoms with van der Waals surface area (Å²) in [5, 5.41) is 8.76. The molecule has 0 spiro atoms. The summed E-state index contributed by atoms with van der Waals surface area (Å²) in [6.45, 7) is 2.86. The summed E-state index contributed by atoms with van der Waals surface area (Å²) in [6.07, 6.45) is 0. The summed E-state index contributed by atoms with van der Waals surface area (Å²) in [5.41, 5.74) is 0. The average Bonchev–Trinajstić information content (AvgIpc) is 2.73. The Morgan fingerprint density at radius 1 is 1.20 bits per heavy atom. The van der Waals surface area contributed by atoms with Crippen LogP contribution in [-0.4, -0.2) is 49.4 Å². The third-order valence-electron chi connectivity index (χ3n) is 1.58. The molecule has 0 aromatic heterocycles. The van der Waals surface area contributed by atoms with Crippen molar-refractivity contribution in [2.75, 3.05) is 26.2 Å². The van der Waals surface area contributed by atoms with Crippen molar-refractivity contribution < 1.29 is 13.0 Å². The second-order valence-electron chi connectivity index (χ2n) is 2.77. The maximum Gasteiger partial charge on any atom is 0.327 e. The van der Waals surface area contributed by atoms with E-state index in [0.717, 1.165) is 18.2 Å². The summed E-state index contributed by atoms with van der Waals surface area (Å²) >= 11 is 4.70. The minimum Gasteiger partial charge on any atom is -0.361 e. The first-order chi connectivity index (χ1) is 7.00. The van der Waals surface area contributed by atoms with Crippen LogP contribution in [0.25, 0.3) is 0 Å². The van der Waals surface area contributed by atoms with Crippen LogP contribution in [-0.2, 0) is 10.1 Å². The Hall–Kier alpha value is -0.930. The van der Waals surface area contributed by atoms with Gasteiger partial charge in [-0.15, -0.1) is 0 Å². The lowest BCUT2D eigenvalue weighted by Gasteiger charge is -1.93. The fraction of sp³-hybridized carbons (Fsp3) is 0.667. The first kappa shape index (κ1) is 12.1. The molecule has 0 radical (unpaired) electrons. The Labute approximate surface area is 93.1 Å². The molecule has 0 aromatic carbocycles. The standard InChI is InChI=1S/C3H6N2O3S.C3H6N2S/c6-9(7,8)3-4-1-2-5-3;6-3-4-1-2-5-3/h1-2H2,(H,4,5)(H,6,7,8);1-2H2,(H2,4,5,6). The molecule has 9 heteroatoms. The monoisotopic (exact) mass is 252 g/mol. The predicted molar refractivity (Wildman–Crippen MR) is 60.5 cm³/mol. The molecule has 2 aliphatic heterocycles. The highest BCUT2D eigenvalue weighted by Gasteiger charge is 2.17. The number of aliphatic imine (C=N–C) groups is 1. The summed E-state index contributed by atoms with van der Waals surface area (Å²) < 4.78 is 28.7. The fourth-order valence-electron chi connectivity index (χ4n) is 0.964. The zero-order valence-corrected chi connectivity index (χ0v) is 9.49. The van der Waals surface area contributed by atoms with Crippen molar-refractivity contribution in [2.24, 2.45) is 4.99 Å². The molecule has 0 aromatic rings. The first-order valence-electron chi connectivity index (χ1n) is 4.27. The molecule has 0 aliphatic carbocycles. The first-order valence-corrected chi connectivity index (χ1v) is 6.12. The van der Waals surface area contributed by atoms with Crippen LogP contribution in [0.5, 0.6) is 0 Å². The minimum absolute atomic E-state index is 0.317. The van der Waals surface area contributed by atoms with Gasteiger partial charge in [0.05, 0.1) is 6.54 Å². The number of nitrogens with one attached hydrogen (secondary N) is 3. The van der Waals surface area contributed by atoms with E-state index >= 15 is 0 Å². The van der Waals surface area contributed by atoms with E-state index in [1.165, 1.54) is 0 Å². The molecule has 2 rings (SSSR count). The predicted octanol–water partition coefficient (Wildman–Crippen LogP) is -1.70. The summed E-state index contributed by atoms with van der Waals surface area (Å²) in [6, 6.07) is 0. The van der Waals surface area contributed by atoms with Crippen LogP contribution < -0.4 is 16.0 Å². The molecule has 2 heterocycles. The van der Waals surface area contributed by atoms with Crippen LogP contribution >= 0.6 is 12.2 Å². The van der Waals surface area contributed by atoms with Crippen molar-refractivity contribution in [3.8, 4) is 0 Å². The van der Waals surface area contributed by atoms with Crippen molar-refractivity contribution >= 4 is 32.6 Å². The number of rotatable bonds is 0. The maximum atomic E-state index is 10.2. The van der Waals surface area contributed by atoms with Crippen LogP contribution in [0, 0.1) is 0 Å². The van der Waals surface area contributed by atoms with Gasteiger partial charge in [0.15, 0.2) is 5.11 Å². The SMILES string of the molecule is O=S(=O)(O)C1=NCCN1.S=C1NCCN1. The zero-order chi connectivity index (χ0) is 11.3. The summed E-state index contributed by atoms with van der Waals surface area (Å²) in [4.78, 5) is 3.47. The lowest BCUT2D eigenvalue weighted by molar-refractivity contribution is 0.497. The van der Waals surface area contributed by atoms with Crippen molar-refractivity contribution in [3.05, 3.63) is 0 Å². The molecule has 0 unspecified atom stereocenters. The van der Waals surface area contributed by atoms with Gasteiger partial charge in [-0.25, -0.2) is 0 Å². The number of hydrogen-bond donors (Lipinski definition) is 4. The third kappa shape index (κ3) is 4.40. The largest absolute Gasteiger partial charge is 0.361 e. The van der Waals surface area contributed by atoms with Crippen LogP contribution in [0.3, 0.4) is 0 Å². The molecule has 2 aliphatic rings. The minimum atomic E-state index is -4.06. The van der Waals surface area contributed by atoms with Crippen molar-refractivity contribution in [3.63, 3.8) is 0 Å². The number of thiocarbonyl (C=S) groups is 1. The van der Waals surface area contributed by atoms with Gasteiger partial charge >= 0.3 is 10.1 Å². The van der Waals surface area contributed by atoms with Gasteiger partial charge in [-0.1, -0.05) is 0 Å². The van der Waals surface area contributed by atoms with E-state index in [4.69, 9.17) is 16.8 Å². The van der Waals surface area contributed by atoms with Gasteiger partial charge in [-0.3, -0.25) is 9.55 Å². The average molecular weight is 252 g/mol. The Balaban J connectivity index is 0.000000162. The highest BCUT2D eigenvalue weighted by atomic mass is 32.2. The lowest BCUT2D eigenvalue weighted by atomic mass is 10.7. The molecule has 1 fully saturated rings. The van der Waals surface area contributed by atoms with Crippen LogP contribution in [0.1, 0.15) is 0 Å². The molecule has 4 N–H and O–H groups in total. The molecule has 15 heavy (non-hydrogen) atoms. The van der Waals surface area contributed by atoms with Gasteiger partial charge in [0, 0.05) is 19.6 Å². The molecule has 0 atom stereocenters. The van der Waals surface area contributed by atoms with Gasteiger partial charge in [0.1, 0.15) is 0 Å². The second kappa shape index (κ2) is 5.24. The smallest absolute Gasteiger partial charge is 0.327 e. The molecule has 86 valence electrons. The quantitative estimate of drug-likeness (QED) is 0.301. The number of amidine groups is 1. The van der Waals surface area contributed by atoms with E-state index in [1.54, 1.807) is 0 Å².